The summed E-state index contributed by atoms with van der Waals surface area (Å²) in [6, 6.07) is 7.81. The Bertz CT molecular complexity index is 532. The molecule has 3 aliphatic heterocycles. The quantitative estimate of drug-likeness (QED) is 0.835. The molecule has 3 aliphatic rings. The Morgan fingerprint density at radius 3 is 2.68 bits per heavy atom. The van der Waals surface area contributed by atoms with E-state index < -0.39 is 0 Å². The summed E-state index contributed by atoms with van der Waals surface area (Å²) in [7, 11) is 0. The van der Waals surface area contributed by atoms with Crippen LogP contribution in [0.15, 0.2) is 12.1 Å². The van der Waals surface area contributed by atoms with Crippen molar-refractivity contribution in [2.45, 2.75) is 31.8 Å². The first kappa shape index (κ1) is 14.3. The Hall–Kier alpha value is -1.26. The largest absolute Gasteiger partial charge is 0.486 e. The van der Waals surface area contributed by atoms with E-state index in [4.69, 9.17) is 9.47 Å². The van der Waals surface area contributed by atoms with Crippen molar-refractivity contribution in [3.05, 3.63) is 23.8 Å². The fourth-order valence-corrected chi connectivity index (χ4v) is 3.88. The molecule has 0 saturated carbocycles. The highest BCUT2D eigenvalue weighted by Crippen LogP contribution is 2.42. The van der Waals surface area contributed by atoms with Gasteiger partial charge in [-0.2, -0.15) is 0 Å². The highest BCUT2D eigenvalue weighted by atomic mass is 16.5. The Balaban J connectivity index is 1.49. The van der Waals surface area contributed by atoms with E-state index in [1.54, 1.807) is 0 Å². The van der Waals surface area contributed by atoms with Crippen LogP contribution < -0.4 is 9.64 Å². The lowest BCUT2D eigenvalue weighted by molar-refractivity contribution is 0.0211. The summed E-state index contributed by atoms with van der Waals surface area (Å²) >= 11 is 0. The molecule has 0 bridgehead atoms. The normalized spacial score (nSPS) is 24.3. The van der Waals surface area contributed by atoms with Gasteiger partial charge in [0.15, 0.2) is 0 Å². The lowest BCUT2D eigenvalue weighted by atomic mass is 9.87. The molecule has 1 radical (unpaired) electrons. The van der Waals surface area contributed by atoms with Gasteiger partial charge in [0.1, 0.15) is 11.4 Å². The summed E-state index contributed by atoms with van der Waals surface area (Å²) < 4.78 is 11.9. The van der Waals surface area contributed by atoms with Gasteiger partial charge in [0.2, 0.25) is 0 Å². The molecule has 0 aliphatic carbocycles. The second-order valence-corrected chi connectivity index (χ2v) is 6.70. The molecule has 0 unspecified atom stereocenters. The Kier molecular flexibility index (Phi) is 3.74. The number of hydrogen-bond acceptors (Lipinski definition) is 4. The molecule has 2 saturated heterocycles. The molecule has 119 valence electrons. The van der Waals surface area contributed by atoms with E-state index in [0.29, 0.717) is 0 Å². The third-order valence-electron chi connectivity index (χ3n) is 5.38. The highest BCUT2D eigenvalue weighted by Gasteiger charge is 2.41. The van der Waals surface area contributed by atoms with Crippen molar-refractivity contribution < 1.29 is 9.47 Å². The number of benzene rings is 1. The first-order valence-electron chi connectivity index (χ1n) is 8.57. The molecular formula is C18H25N2O2. The van der Waals surface area contributed by atoms with Gasteiger partial charge in [0.25, 0.3) is 0 Å². The molecule has 4 heteroatoms. The van der Waals surface area contributed by atoms with Crippen LogP contribution >= 0.6 is 0 Å². The molecular weight excluding hydrogens is 276 g/mol. The summed E-state index contributed by atoms with van der Waals surface area (Å²) in [5, 5.41) is 0. The molecule has 0 N–H and O–H groups in total. The first-order valence-corrected chi connectivity index (χ1v) is 8.57. The standard InChI is InChI=1S/C18H25N2O2/c1-2-19-7-5-18(6-8-19)14-15-3-4-16(13-17(15)22-18)20-9-11-21-12-10-20/h3,13H,2,5-12,14H2,1H3. The van der Waals surface area contributed by atoms with Crippen LogP contribution in [0, 0.1) is 6.07 Å². The molecule has 1 aromatic carbocycles. The number of anilines is 1. The monoisotopic (exact) mass is 301 g/mol. The lowest BCUT2D eigenvalue weighted by Gasteiger charge is -2.38. The Labute approximate surface area is 133 Å². The minimum Gasteiger partial charge on any atom is -0.486 e. The number of likely N-dealkylation sites (tertiary alicyclic amines) is 1. The van der Waals surface area contributed by atoms with Crippen molar-refractivity contribution in [2.24, 2.45) is 0 Å². The summed E-state index contributed by atoms with van der Waals surface area (Å²) in [6.45, 7) is 9.22. The van der Waals surface area contributed by atoms with Crippen LogP contribution in [0.5, 0.6) is 5.75 Å². The molecule has 0 aromatic heterocycles. The first-order chi connectivity index (χ1) is 10.8. The van der Waals surface area contributed by atoms with Crippen LogP contribution in [0.4, 0.5) is 5.69 Å². The van der Waals surface area contributed by atoms with Crippen molar-refractivity contribution in [1.29, 1.82) is 0 Å². The highest BCUT2D eigenvalue weighted by molar-refractivity contribution is 5.55. The van der Waals surface area contributed by atoms with E-state index in [1.165, 1.54) is 5.56 Å². The molecule has 2 fully saturated rings. The number of piperidine rings is 1. The fraction of sp³-hybridized carbons (Fsp3) is 0.667. The lowest BCUT2D eigenvalue weighted by Crippen LogP contribution is -2.47. The smallest absolute Gasteiger partial charge is 0.125 e. The van der Waals surface area contributed by atoms with Gasteiger partial charge in [-0.05, 0) is 18.2 Å². The number of rotatable bonds is 2. The molecule has 1 aromatic rings. The maximum absolute atomic E-state index is 6.46. The maximum atomic E-state index is 6.46. The fourth-order valence-electron chi connectivity index (χ4n) is 3.88. The number of hydrogen-bond donors (Lipinski definition) is 0. The van der Waals surface area contributed by atoms with Gasteiger partial charge < -0.3 is 19.3 Å². The van der Waals surface area contributed by atoms with Crippen LogP contribution in [-0.2, 0) is 11.2 Å². The Morgan fingerprint density at radius 1 is 1.18 bits per heavy atom. The Morgan fingerprint density at radius 2 is 1.95 bits per heavy atom. The molecule has 1 spiro atoms. The van der Waals surface area contributed by atoms with Crippen LogP contribution in [-0.4, -0.2) is 56.4 Å². The van der Waals surface area contributed by atoms with Gasteiger partial charge in [0, 0.05) is 63.3 Å². The van der Waals surface area contributed by atoms with Crippen molar-refractivity contribution in [3.63, 3.8) is 0 Å². The van der Waals surface area contributed by atoms with E-state index in [2.05, 4.69) is 34.9 Å². The van der Waals surface area contributed by atoms with Gasteiger partial charge in [0.05, 0.1) is 13.2 Å². The minimum atomic E-state index is 0.0471. The summed E-state index contributed by atoms with van der Waals surface area (Å²) in [4.78, 5) is 4.86. The predicted molar refractivity (Wildman–Crippen MR) is 86.7 cm³/mol. The average Bonchev–Trinajstić information content (AvgIpc) is 2.93. The zero-order valence-corrected chi connectivity index (χ0v) is 13.4. The topological polar surface area (TPSA) is 24.9 Å². The van der Waals surface area contributed by atoms with Crippen LogP contribution in [0.3, 0.4) is 0 Å². The van der Waals surface area contributed by atoms with E-state index in [-0.39, 0.29) is 5.60 Å². The SMILES string of the molecule is CCN1CCC2(CC1)Cc1c[c]c(N3CCOCC3)cc1O2. The summed E-state index contributed by atoms with van der Waals surface area (Å²) in [5.41, 5.74) is 2.54. The van der Waals surface area contributed by atoms with E-state index in [0.717, 1.165) is 76.6 Å². The molecule has 0 atom stereocenters. The summed E-state index contributed by atoms with van der Waals surface area (Å²) in [5.74, 6) is 1.09. The van der Waals surface area contributed by atoms with E-state index in [9.17, 15) is 0 Å². The van der Waals surface area contributed by atoms with Gasteiger partial charge in [-0.15, -0.1) is 0 Å². The van der Waals surface area contributed by atoms with E-state index >= 15 is 0 Å². The molecule has 4 rings (SSSR count). The molecule has 3 heterocycles. The zero-order valence-electron chi connectivity index (χ0n) is 13.4. The third-order valence-corrected chi connectivity index (χ3v) is 5.38. The average molecular weight is 301 g/mol. The van der Waals surface area contributed by atoms with Crippen LogP contribution in [0.25, 0.3) is 0 Å². The van der Waals surface area contributed by atoms with Gasteiger partial charge in [-0.25, -0.2) is 0 Å². The van der Waals surface area contributed by atoms with E-state index in [1.807, 2.05) is 0 Å². The zero-order chi connectivity index (χ0) is 15.0. The van der Waals surface area contributed by atoms with Crippen molar-refractivity contribution in [1.82, 2.24) is 4.90 Å². The summed E-state index contributed by atoms with van der Waals surface area (Å²) in [6.07, 6.45) is 3.34. The molecule has 4 nitrogen and oxygen atoms in total. The number of fused-ring (bicyclic) bond motifs is 1. The second kappa shape index (κ2) is 5.74. The van der Waals surface area contributed by atoms with Crippen molar-refractivity contribution in [3.8, 4) is 5.75 Å². The molecule has 22 heavy (non-hydrogen) atoms. The maximum Gasteiger partial charge on any atom is 0.125 e. The van der Waals surface area contributed by atoms with Gasteiger partial charge >= 0.3 is 0 Å². The molecule has 0 amide bonds. The van der Waals surface area contributed by atoms with Gasteiger partial charge in [-0.3, -0.25) is 0 Å². The van der Waals surface area contributed by atoms with Gasteiger partial charge in [-0.1, -0.05) is 6.92 Å². The number of nitrogens with zero attached hydrogens (tertiary/aromatic N) is 2. The predicted octanol–water partition coefficient (Wildman–Crippen LogP) is 2.11. The number of morpholine rings is 1. The van der Waals surface area contributed by atoms with Crippen molar-refractivity contribution >= 4 is 5.69 Å². The van der Waals surface area contributed by atoms with Crippen molar-refractivity contribution in [2.75, 3.05) is 50.8 Å². The van der Waals surface area contributed by atoms with Crippen LogP contribution in [0.1, 0.15) is 25.3 Å². The second-order valence-electron chi connectivity index (χ2n) is 6.70. The third kappa shape index (κ3) is 2.59. The minimum absolute atomic E-state index is 0.0471. The number of ether oxygens (including phenoxy) is 2. The van der Waals surface area contributed by atoms with Crippen LogP contribution in [0.2, 0.25) is 0 Å².